The van der Waals surface area contributed by atoms with Crippen LogP contribution in [0.25, 0.3) is 16.7 Å². The van der Waals surface area contributed by atoms with Gasteiger partial charge in [-0.2, -0.15) is 5.10 Å². The third-order valence-electron chi connectivity index (χ3n) is 4.32. The maximum Gasteiger partial charge on any atom is 0.269 e. The van der Waals surface area contributed by atoms with Gasteiger partial charge in [-0.25, -0.2) is 14.6 Å². The summed E-state index contributed by atoms with van der Waals surface area (Å²) in [5.41, 5.74) is 2.08. The average Bonchev–Trinajstić information content (AvgIpc) is 3.17. The Hall–Kier alpha value is -3.85. The minimum Gasteiger partial charge on any atom is -0.387 e. The van der Waals surface area contributed by atoms with E-state index in [-0.39, 0.29) is 12.2 Å². The number of non-ortho nitro benzene ring substituents is 1. The van der Waals surface area contributed by atoms with Crippen molar-refractivity contribution in [1.29, 1.82) is 0 Å². The molecule has 0 radical (unpaired) electrons. The fourth-order valence-electron chi connectivity index (χ4n) is 2.87. The number of para-hydroxylation sites is 1. The molecule has 0 unspecified atom stereocenters. The molecule has 1 atom stereocenters. The van der Waals surface area contributed by atoms with E-state index >= 15 is 0 Å². The van der Waals surface area contributed by atoms with Gasteiger partial charge in [0.05, 0.1) is 28.3 Å². The standard InChI is InChI=1S/C19H16N6O3/c26-17(13-6-8-15(9-7-13)25(27)28)11-20-18-16-10-23-24(19(16)22-12-21-18)14-4-2-1-3-5-14/h1-10,12,17,26H,11H2,(H,20,21,22)/t17-/m0/s1. The number of hydrogen-bond donors (Lipinski definition) is 2. The van der Waals surface area contributed by atoms with E-state index in [1.807, 2.05) is 30.3 Å². The van der Waals surface area contributed by atoms with Crippen molar-refractivity contribution in [2.24, 2.45) is 0 Å². The van der Waals surface area contributed by atoms with Gasteiger partial charge in [0.25, 0.3) is 5.69 Å². The Morgan fingerprint density at radius 1 is 1.11 bits per heavy atom. The predicted octanol–water partition coefficient (Wildman–Crippen LogP) is 2.87. The number of benzene rings is 2. The summed E-state index contributed by atoms with van der Waals surface area (Å²) in [5.74, 6) is 0.549. The molecule has 0 saturated carbocycles. The molecule has 2 heterocycles. The molecule has 0 bridgehead atoms. The lowest BCUT2D eigenvalue weighted by molar-refractivity contribution is -0.384. The zero-order valence-corrected chi connectivity index (χ0v) is 14.6. The number of nitro benzene ring substituents is 1. The maximum absolute atomic E-state index is 10.7. The molecule has 2 aromatic carbocycles. The highest BCUT2D eigenvalue weighted by Crippen LogP contribution is 2.23. The van der Waals surface area contributed by atoms with Gasteiger partial charge in [-0.3, -0.25) is 10.1 Å². The number of anilines is 1. The van der Waals surface area contributed by atoms with E-state index in [2.05, 4.69) is 20.4 Å². The van der Waals surface area contributed by atoms with Gasteiger partial charge in [0.2, 0.25) is 0 Å². The van der Waals surface area contributed by atoms with E-state index in [9.17, 15) is 15.2 Å². The Kier molecular flexibility index (Phi) is 4.65. The van der Waals surface area contributed by atoms with Crippen LogP contribution in [-0.4, -0.2) is 36.3 Å². The van der Waals surface area contributed by atoms with Crippen LogP contribution in [0.4, 0.5) is 11.5 Å². The van der Waals surface area contributed by atoms with Crippen LogP contribution in [0.3, 0.4) is 0 Å². The van der Waals surface area contributed by atoms with Crippen molar-refractivity contribution >= 4 is 22.5 Å². The van der Waals surface area contributed by atoms with Crippen LogP contribution in [0.5, 0.6) is 0 Å². The molecule has 0 aliphatic carbocycles. The summed E-state index contributed by atoms with van der Waals surface area (Å²) in [7, 11) is 0. The first-order valence-corrected chi connectivity index (χ1v) is 8.54. The summed E-state index contributed by atoms with van der Waals surface area (Å²) in [6.45, 7) is 0.181. The Balaban J connectivity index is 1.53. The second-order valence-electron chi connectivity index (χ2n) is 6.10. The van der Waals surface area contributed by atoms with Crippen LogP contribution in [0.1, 0.15) is 11.7 Å². The molecular formula is C19H16N6O3. The number of nitro groups is 1. The lowest BCUT2D eigenvalue weighted by Crippen LogP contribution is -2.13. The number of hydrogen-bond acceptors (Lipinski definition) is 7. The summed E-state index contributed by atoms with van der Waals surface area (Å²) in [5, 5.41) is 29.3. The highest BCUT2D eigenvalue weighted by Gasteiger charge is 2.14. The number of nitrogens with one attached hydrogen (secondary N) is 1. The first-order valence-electron chi connectivity index (χ1n) is 8.54. The van der Waals surface area contributed by atoms with Crippen LogP contribution < -0.4 is 5.32 Å². The van der Waals surface area contributed by atoms with Gasteiger partial charge in [-0.1, -0.05) is 18.2 Å². The van der Waals surface area contributed by atoms with Crippen molar-refractivity contribution in [1.82, 2.24) is 19.7 Å². The predicted molar refractivity (Wildman–Crippen MR) is 103 cm³/mol. The Bertz CT molecular complexity index is 1110. The number of aliphatic hydroxyl groups is 1. The smallest absolute Gasteiger partial charge is 0.269 e. The molecule has 0 aliphatic heterocycles. The van der Waals surface area contributed by atoms with Crippen LogP contribution in [0.15, 0.2) is 67.1 Å². The summed E-state index contributed by atoms with van der Waals surface area (Å²) in [6.07, 6.45) is 2.25. The van der Waals surface area contributed by atoms with Gasteiger partial charge in [-0.15, -0.1) is 0 Å². The molecule has 0 amide bonds. The van der Waals surface area contributed by atoms with Gasteiger partial charge in [0.15, 0.2) is 5.65 Å². The Morgan fingerprint density at radius 3 is 2.57 bits per heavy atom. The highest BCUT2D eigenvalue weighted by atomic mass is 16.6. The van der Waals surface area contributed by atoms with Gasteiger partial charge < -0.3 is 10.4 Å². The normalized spacial score (nSPS) is 12.0. The second kappa shape index (κ2) is 7.41. The average molecular weight is 376 g/mol. The van der Waals surface area contributed by atoms with E-state index in [4.69, 9.17) is 0 Å². The number of nitrogens with zero attached hydrogens (tertiary/aromatic N) is 5. The first-order chi connectivity index (χ1) is 13.6. The second-order valence-corrected chi connectivity index (χ2v) is 6.10. The molecule has 4 aromatic rings. The van der Waals surface area contributed by atoms with Crippen LogP contribution in [0, 0.1) is 10.1 Å². The molecule has 9 nitrogen and oxygen atoms in total. The number of rotatable bonds is 6. The molecule has 0 aliphatic rings. The molecule has 9 heteroatoms. The molecule has 2 aromatic heterocycles. The van der Waals surface area contributed by atoms with Gasteiger partial charge in [0.1, 0.15) is 12.1 Å². The fraction of sp³-hybridized carbons (Fsp3) is 0.105. The molecule has 28 heavy (non-hydrogen) atoms. The number of fused-ring (bicyclic) bond motifs is 1. The van der Waals surface area contributed by atoms with Crippen molar-refractivity contribution in [2.75, 3.05) is 11.9 Å². The molecule has 0 fully saturated rings. The molecule has 2 N–H and O–H groups in total. The molecular weight excluding hydrogens is 360 g/mol. The first kappa shape index (κ1) is 17.6. The summed E-state index contributed by atoms with van der Waals surface area (Å²) in [4.78, 5) is 18.8. The monoisotopic (exact) mass is 376 g/mol. The molecule has 4 rings (SSSR count). The zero-order valence-electron chi connectivity index (χ0n) is 14.6. The highest BCUT2D eigenvalue weighted by molar-refractivity contribution is 5.87. The van der Waals surface area contributed by atoms with E-state index in [0.717, 1.165) is 11.1 Å². The summed E-state index contributed by atoms with van der Waals surface area (Å²) < 4.78 is 1.72. The van der Waals surface area contributed by atoms with Crippen molar-refractivity contribution in [3.63, 3.8) is 0 Å². The van der Waals surface area contributed by atoms with Crippen LogP contribution in [-0.2, 0) is 0 Å². The molecule has 0 spiro atoms. The maximum atomic E-state index is 10.7. The summed E-state index contributed by atoms with van der Waals surface area (Å²) >= 11 is 0. The van der Waals surface area contributed by atoms with E-state index in [1.165, 1.54) is 30.6 Å². The lowest BCUT2D eigenvalue weighted by Gasteiger charge is -2.13. The van der Waals surface area contributed by atoms with Crippen LogP contribution >= 0.6 is 0 Å². The number of aromatic nitrogens is 4. The zero-order chi connectivity index (χ0) is 19.5. The summed E-state index contributed by atoms with van der Waals surface area (Å²) in [6, 6.07) is 15.4. The largest absolute Gasteiger partial charge is 0.387 e. The van der Waals surface area contributed by atoms with Crippen molar-refractivity contribution in [2.45, 2.75) is 6.10 Å². The van der Waals surface area contributed by atoms with Crippen molar-refractivity contribution < 1.29 is 10.0 Å². The third kappa shape index (κ3) is 3.38. The van der Waals surface area contributed by atoms with Gasteiger partial charge >= 0.3 is 0 Å². The van der Waals surface area contributed by atoms with Crippen LogP contribution in [0.2, 0.25) is 0 Å². The lowest BCUT2D eigenvalue weighted by atomic mass is 10.1. The topological polar surface area (TPSA) is 119 Å². The minimum absolute atomic E-state index is 0.0188. The van der Waals surface area contributed by atoms with E-state index in [0.29, 0.717) is 17.0 Å². The quantitative estimate of drug-likeness (QED) is 0.392. The molecule has 140 valence electrons. The minimum atomic E-state index is -0.852. The number of aliphatic hydroxyl groups excluding tert-OH is 1. The SMILES string of the molecule is O=[N+]([O-])c1ccc([C@@H](O)CNc2ncnc3c2cnn3-c2ccccc2)cc1. The Morgan fingerprint density at radius 2 is 1.86 bits per heavy atom. The van der Waals surface area contributed by atoms with Gasteiger partial charge in [-0.05, 0) is 29.8 Å². The van der Waals surface area contributed by atoms with Crippen molar-refractivity contribution in [3.05, 3.63) is 82.8 Å². The fourth-order valence-corrected chi connectivity index (χ4v) is 2.87. The van der Waals surface area contributed by atoms with Crippen molar-refractivity contribution in [3.8, 4) is 5.69 Å². The third-order valence-corrected chi connectivity index (χ3v) is 4.32. The molecule has 0 saturated heterocycles. The van der Waals surface area contributed by atoms with Gasteiger partial charge in [0, 0.05) is 18.7 Å². The Labute approximate surface area is 159 Å². The van der Waals surface area contributed by atoms with E-state index < -0.39 is 11.0 Å². The van der Waals surface area contributed by atoms with E-state index in [1.54, 1.807) is 10.9 Å².